The number of amides is 1. The molecule has 0 N–H and O–H groups in total. The maximum Gasteiger partial charge on any atom is 0.222 e. The van der Waals surface area contributed by atoms with Crippen molar-refractivity contribution < 1.29 is 4.79 Å². The molecule has 20 heavy (non-hydrogen) atoms. The van der Waals surface area contributed by atoms with Gasteiger partial charge >= 0.3 is 0 Å². The van der Waals surface area contributed by atoms with Gasteiger partial charge < -0.3 is 4.90 Å². The molecule has 0 radical (unpaired) electrons. The van der Waals surface area contributed by atoms with Gasteiger partial charge in [-0.15, -0.1) is 0 Å². The molecule has 1 amide bonds. The molecule has 1 fully saturated rings. The molecule has 1 aromatic carbocycles. The maximum atomic E-state index is 11.0. The fraction of sp³-hybridized carbons (Fsp3) is 0.588. The Morgan fingerprint density at radius 3 is 1.70 bits per heavy atom. The van der Waals surface area contributed by atoms with Crippen molar-refractivity contribution in [3.05, 3.63) is 36.4 Å². The summed E-state index contributed by atoms with van der Waals surface area (Å²) < 4.78 is 0. The minimum Gasteiger partial charge on any atom is -0.345 e. The third-order valence-corrected chi connectivity index (χ3v) is 3.63. The molecule has 0 aliphatic carbocycles. The van der Waals surface area contributed by atoms with E-state index < -0.39 is 0 Å². The average Bonchev–Trinajstić information content (AvgIpc) is 2.56. The SMILES string of the molecule is CC.CC.CSC1CCC(=O)N(C)C1.c1ccccc1. The van der Waals surface area contributed by atoms with Crippen molar-refractivity contribution in [1.82, 2.24) is 4.90 Å². The van der Waals surface area contributed by atoms with Crippen LogP contribution in [0.1, 0.15) is 40.5 Å². The molecular formula is C17H31NOS. The topological polar surface area (TPSA) is 20.3 Å². The van der Waals surface area contributed by atoms with Crippen molar-refractivity contribution in [3.63, 3.8) is 0 Å². The summed E-state index contributed by atoms with van der Waals surface area (Å²) in [4.78, 5) is 12.8. The molecule has 1 aromatic rings. The highest BCUT2D eigenvalue weighted by atomic mass is 32.2. The average molecular weight is 298 g/mol. The summed E-state index contributed by atoms with van der Waals surface area (Å²) in [6, 6.07) is 12.0. The zero-order chi connectivity index (χ0) is 15.8. The molecule has 1 heterocycles. The van der Waals surface area contributed by atoms with Gasteiger partial charge in [0.15, 0.2) is 0 Å². The van der Waals surface area contributed by atoms with E-state index in [9.17, 15) is 4.79 Å². The van der Waals surface area contributed by atoms with Crippen LogP contribution in [-0.4, -0.2) is 35.9 Å². The molecule has 0 spiro atoms. The predicted molar refractivity (Wildman–Crippen MR) is 93.3 cm³/mol. The number of hydrogen-bond donors (Lipinski definition) is 0. The van der Waals surface area contributed by atoms with Gasteiger partial charge in [0, 0.05) is 25.3 Å². The zero-order valence-corrected chi connectivity index (χ0v) is 14.7. The van der Waals surface area contributed by atoms with Crippen LogP contribution in [0.15, 0.2) is 36.4 Å². The summed E-state index contributed by atoms with van der Waals surface area (Å²) >= 11 is 1.86. The van der Waals surface area contributed by atoms with Gasteiger partial charge in [0.2, 0.25) is 5.91 Å². The van der Waals surface area contributed by atoms with E-state index in [1.807, 2.05) is 87.8 Å². The van der Waals surface area contributed by atoms with Gasteiger partial charge in [0.05, 0.1) is 0 Å². The number of carbonyl (C=O) groups excluding carboxylic acids is 1. The second-order valence-electron chi connectivity index (χ2n) is 3.83. The van der Waals surface area contributed by atoms with Crippen molar-refractivity contribution in [3.8, 4) is 0 Å². The number of benzene rings is 1. The lowest BCUT2D eigenvalue weighted by Gasteiger charge is -2.28. The van der Waals surface area contributed by atoms with E-state index in [0.29, 0.717) is 11.2 Å². The van der Waals surface area contributed by atoms with Gasteiger partial charge in [-0.25, -0.2) is 0 Å². The third kappa shape index (κ3) is 10.9. The monoisotopic (exact) mass is 297 g/mol. The predicted octanol–water partition coefficient (Wildman–Crippen LogP) is 4.71. The van der Waals surface area contributed by atoms with Gasteiger partial charge in [0.1, 0.15) is 0 Å². The Labute approximate surface area is 130 Å². The van der Waals surface area contributed by atoms with Crippen LogP contribution >= 0.6 is 11.8 Å². The molecule has 2 rings (SSSR count). The fourth-order valence-electron chi connectivity index (χ4n) is 1.55. The fourth-order valence-corrected chi connectivity index (χ4v) is 2.28. The Morgan fingerprint density at radius 2 is 1.40 bits per heavy atom. The molecule has 116 valence electrons. The van der Waals surface area contributed by atoms with E-state index in [1.165, 1.54) is 0 Å². The number of nitrogens with zero attached hydrogens (tertiary/aromatic N) is 1. The van der Waals surface area contributed by atoms with Crippen molar-refractivity contribution >= 4 is 17.7 Å². The number of rotatable bonds is 1. The van der Waals surface area contributed by atoms with Crippen molar-refractivity contribution in [2.24, 2.45) is 0 Å². The number of thioether (sulfide) groups is 1. The van der Waals surface area contributed by atoms with Crippen LogP contribution in [0.25, 0.3) is 0 Å². The van der Waals surface area contributed by atoms with Crippen LogP contribution in [0.5, 0.6) is 0 Å². The first-order valence-electron chi connectivity index (χ1n) is 7.51. The Morgan fingerprint density at radius 1 is 1.00 bits per heavy atom. The number of likely N-dealkylation sites (tertiary alicyclic amines) is 1. The van der Waals surface area contributed by atoms with Crippen LogP contribution in [0.2, 0.25) is 0 Å². The zero-order valence-electron chi connectivity index (χ0n) is 13.9. The van der Waals surface area contributed by atoms with Crippen molar-refractivity contribution in [2.75, 3.05) is 19.8 Å². The second-order valence-corrected chi connectivity index (χ2v) is 4.96. The number of piperidine rings is 1. The Balaban J connectivity index is 0. The quantitative estimate of drug-likeness (QED) is 0.748. The first-order chi connectivity index (χ1) is 9.74. The van der Waals surface area contributed by atoms with E-state index in [2.05, 4.69) is 6.26 Å². The van der Waals surface area contributed by atoms with E-state index in [1.54, 1.807) is 0 Å². The highest BCUT2D eigenvalue weighted by Gasteiger charge is 2.21. The first-order valence-corrected chi connectivity index (χ1v) is 8.79. The summed E-state index contributed by atoms with van der Waals surface area (Å²) in [5.41, 5.74) is 0. The molecule has 1 aliphatic heterocycles. The smallest absolute Gasteiger partial charge is 0.222 e. The van der Waals surface area contributed by atoms with E-state index in [0.717, 1.165) is 19.4 Å². The molecule has 2 nitrogen and oxygen atoms in total. The largest absolute Gasteiger partial charge is 0.345 e. The van der Waals surface area contributed by atoms with Crippen LogP contribution in [0, 0.1) is 0 Å². The highest BCUT2D eigenvalue weighted by molar-refractivity contribution is 7.99. The minimum atomic E-state index is 0.297. The van der Waals surface area contributed by atoms with Crippen LogP contribution in [0.4, 0.5) is 0 Å². The molecular weight excluding hydrogens is 266 g/mol. The molecule has 1 atom stereocenters. The molecule has 0 bridgehead atoms. The molecule has 0 saturated carbocycles. The third-order valence-electron chi connectivity index (χ3n) is 2.58. The van der Waals surface area contributed by atoms with Crippen LogP contribution in [-0.2, 0) is 4.79 Å². The standard InChI is InChI=1S/C7H13NOS.C6H6.2C2H6/c1-8-5-6(10-2)3-4-7(8)9;1-2-4-6-5-3-1;2*1-2/h6H,3-5H2,1-2H3;1-6H;2*1-2H3. The molecule has 1 aliphatic rings. The van der Waals surface area contributed by atoms with Gasteiger partial charge in [0.25, 0.3) is 0 Å². The van der Waals surface area contributed by atoms with Crippen molar-refractivity contribution in [1.29, 1.82) is 0 Å². The van der Waals surface area contributed by atoms with E-state index in [-0.39, 0.29) is 0 Å². The summed E-state index contributed by atoms with van der Waals surface area (Å²) in [7, 11) is 1.88. The van der Waals surface area contributed by atoms with Gasteiger partial charge in [-0.1, -0.05) is 64.1 Å². The summed E-state index contributed by atoms with van der Waals surface area (Å²) in [6.07, 6.45) is 3.90. The van der Waals surface area contributed by atoms with Crippen LogP contribution in [0.3, 0.4) is 0 Å². The van der Waals surface area contributed by atoms with E-state index in [4.69, 9.17) is 0 Å². The normalized spacial score (nSPS) is 16.6. The summed E-state index contributed by atoms with van der Waals surface area (Å²) in [5.74, 6) is 0.297. The van der Waals surface area contributed by atoms with Gasteiger partial charge in [-0.05, 0) is 12.7 Å². The Hall–Kier alpha value is -0.960. The van der Waals surface area contributed by atoms with E-state index >= 15 is 0 Å². The Kier molecular flexibility index (Phi) is 17.2. The molecule has 1 unspecified atom stereocenters. The number of hydrogen-bond acceptors (Lipinski definition) is 2. The lowest BCUT2D eigenvalue weighted by molar-refractivity contribution is -0.131. The summed E-state index contributed by atoms with van der Waals surface area (Å²) in [6.45, 7) is 8.93. The summed E-state index contributed by atoms with van der Waals surface area (Å²) in [5, 5.41) is 0.669. The van der Waals surface area contributed by atoms with Gasteiger partial charge in [-0.3, -0.25) is 4.79 Å². The highest BCUT2D eigenvalue weighted by Crippen LogP contribution is 2.19. The second kappa shape index (κ2) is 16.1. The van der Waals surface area contributed by atoms with Crippen LogP contribution < -0.4 is 0 Å². The molecule has 1 saturated heterocycles. The molecule has 0 aromatic heterocycles. The minimum absolute atomic E-state index is 0.297. The maximum absolute atomic E-state index is 11.0. The first kappa shape index (κ1) is 21.3. The lowest BCUT2D eigenvalue weighted by Crippen LogP contribution is -2.38. The Bertz CT molecular complexity index is 276. The van der Waals surface area contributed by atoms with Gasteiger partial charge in [-0.2, -0.15) is 11.8 Å². The van der Waals surface area contributed by atoms with Crippen molar-refractivity contribution in [2.45, 2.75) is 45.8 Å². The number of carbonyl (C=O) groups is 1. The molecule has 3 heteroatoms. The lowest BCUT2D eigenvalue weighted by atomic mass is 10.1.